The minimum absolute atomic E-state index is 0.122. The van der Waals surface area contributed by atoms with Gasteiger partial charge in [0.2, 0.25) is 15.9 Å². The number of rotatable bonds is 6. The van der Waals surface area contributed by atoms with Crippen molar-refractivity contribution in [2.45, 2.75) is 17.5 Å². The van der Waals surface area contributed by atoms with Crippen molar-refractivity contribution >= 4 is 62.1 Å². The van der Waals surface area contributed by atoms with Crippen molar-refractivity contribution in [1.29, 1.82) is 0 Å². The van der Waals surface area contributed by atoms with Crippen molar-refractivity contribution in [1.82, 2.24) is 4.72 Å². The fraction of sp³-hybridized carbons (Fsp3) is 0.188. The Morgan fingerprint density at radius 3 is 2.17 bits per heavy atom. The average Bonchev–Trinajstić information content (AvgIpc) is 2.58. The molecule has 29 heavy (non-hydrogen) atoms. The van der Waals surface area contributed by atoms with Crippen LogP contribution in [0.4, 0.5) is 24.5 Å². The van der Waals surface area contributed by atoms with Gasteiger partial charge < -0.3 is 11.1 Å². The highest BCUT2D eigenvalue weighted by atomic mass is 35.5. The number of amides is 1. The number of anilines is 2. The zero-order valence-electron chi connectivity index (χ0n) is 14.3. The van der Waals surface area contributed by atoms with Gasteiger partial charge in [0, 0.05) is 18.7 Å². The van der Waals surface area contributed by atoms with Crippen LogP contribution in [0.2, 0.25) is 15.1 Å². The van der Waals surface area contributed by atoms with Gasteiger partial charge >= 0.3 is 6.18 Å². The number of hydrogen-bond acceptors (Lipinski definition) is 4. The largest absolute Gasteiger partial charge is 0.417 e. The number of halogens is 6. The molecule has 0 fully saturated rings. The van der Waals surface area contributed by atoms with Crippen LogP contribution >= 0.6 is 34.8 Å². The SMILES string of the molecule is Nc1c(Cl)cc(NC(=O)CCNS(=O)(=O)c2ccc(Cl)c(C(F)(F)F)c2)cc1Cl. The lowest BCUT2D eigenvalue weighted by Crippen LogP contribution is -2.28. The second-order valence-electron chi connectivity index (χ2n) is 5.69. The van der Waals surface area contributed by atoms with Gasteiger partial charge in [-0.05, 0) is 30.3 Å². The van der Waals surface area contributed by atoms with Crippen LogP contribution in [0.5, 0.6) is 0 Å². The number of nitrogens with two attached hydrogens (primary N) is 1. The standard InChI is InChI=1S/C16H13Cl3F3N3O3S/c17-11-2-1-9(7-10(11)16(20,21)22)29(27,28)24-4-3-14(26)25-8-5-12(18)15(23)13(19)6-8/h1-2,5-7,24H,3-4,23H2,(H,25,26). The average molecular weight is 491 g/mol. The Labute approximate surface area is 179 Å². The molecule has 0 saturated heterocycles. The Kier molecular flexibility index (Phi) is 7.28. The van der Waals surface area contributed by atoms with Crippen molar-refractivity contribution in [2.24, 2.45) is 0 Å². The fourth-order valence-electron chi connectivity index (χ4n) is 2.15. The van der Waals surface area contributed by atoms with Crippen LogP contribution in [0.25, 0.3) is 0 Å². The third-order valence-electron chi connectivity index (χ3n) is 3.56. The third kappa shape index (κ3) is 6.13. The molecule has 6 nitrogen and oxygen atoms in total. The summed E-state index contributed by atoms with van der Waals surface area (Å²) in [6.07, 6.45) is -5.12. The second kappa shape index (κ2) is 8.97. The summed E-state index contributed by atoms with van der Waals surface area (Å²) in [6.45, 7) is -0.366. The van der Waals surface area contributed by atoms with E-state index >= 15 is 0 Å². The number of alkyl halides is 3. The molecule has 0 radical (unpaired) electrons. The number of nitrogens with one attached hydrogen (secondary N) is 2. The summed E-state index contributed by atoms with van der Waals surface area (Å²) < 4.78 is 65.1. The van der Waals surface area contributed by atoms with Crippen molar-refractivity contribution < 1.29 is 26.4 Å². The smallest absolute Gasteiger partial charge is 0.396 e. The number of sulfonamides is 1. The number of nitrogen functional groups attached to an aromatic ring is 1. The Bertz CT molecular complexity index is 1020. The normalized spacial score (nSPS) is 12.1. The predicted molar refractivity (Wildman–Crippen MR) is 106 cm³/mol. The molecular formula is C16H13Cl3F3N3O3S. The van der Waals surface area contributed by atoms with Gasteiger partial charge in [-0.25, -0.2) is 13.1 Å². The molecule has 0 bridgehead atoms. The highest BCUT2D eigenvalue weighted by molar-refractivity contribution is 7.89. The zero-order valence-corrected chi connectivity index (χ0v) is 17.4. The van der Waals surface area contributed by atoms with Crippen LogP contribution in [0, 0.1) is 0 Å². The first-order chi connectivity index (χ1) is 13.3. The van der Waals surface area contributed by atoms with E-state index < -0.39 is 37.6 Å². The minimum atomic E-state index is -4.82. The molecule has 13 heteroatoms. The molecule has 0 saturated carbocycles. The molecule has 2 aromatic rings. The maximum absolute atomic E-state index is 12.9. The molecule has 0 aliphatic heterocycles. The number of carbonyl (C=O) groups excluding carboxylic acids is 1. The van der Waals surface area contributed by atoms with Crippen LogP contribution in [-0.4, -0.2) is 20.9 Å². The quantitative estimate of drug-likeness (QED) is 0.517. The number of carbonyl (C=O) groups is 1. The predicted octanol–water partition coefficient (Wildman–Crippen LogP) is 4.55. The van der Waals surface area contributed by atoms with Crippen molar-refractivity contribution in [3.8, 4) is 0 Å². The first-order valence-electron chi connectivity index (χ1n) is 7.72. The summed E-state index contributed by atoms with van der Waals surface area (Å²) in [5, 5.41) is 2.06. The maximum Gasteiger partial charge on any atom is 0.417 e. The van der Waals surface area contributed by atoms with Gasteiger partial charge in [-0.3, -0.25) is 4.79 Å². The minimum Gasteiger partial charge on any atom is -0.396 e. The van der Waals surface area contributed by atoms with Crippen molar-refractivity contribution in [3.05, 3.63) is 51.0 Å². The molecule has 0 heterocycles. The second-order valence-corrected chi connectivity index (χ2v) is 8.68. The molecule has 0 spiro atoms. The Morgan fingerprint density at radius 1 is 1.03 bits per heavy atom. The topological polar surface area (TPSA) is 101 Å². The molecule has 0 atom stereocenters. The molecule has 0 unspecified atom stereocenters. The van der Waals surface area contributed by atoms with Crippen LogP contribution in [0.15, 0.2) is 35.2 Å². The first-order valence-corrected chi connectivity index (χ1v) is 10.3. The summed E-state index contributed by atoms with van der Waals surface area (Å²) in [4.78, 5) is 11.3. The Balaban J connectivity index is 2.02. The third-order valence-corrected chi connectivity index (χ3v) is 5.97. The summed E-state index contributed by atoms with van der Waals surface area (Å²) in [7, 11) is -4.29. The monoisotopic (exact) mass is 489 g/mol. The van der Waals surface area contributed by atoms with E-state index in [0.29, 0.717) is 6.07 Å². The lowest BCUT2D eigenvalue weighted by atomic mass is 10.2. The van der Waals surface area contributed by atoms with Crippen LogP contribution in [-0.2, 0) is 21.0 Å². The van der Waals surface area contributed by atoms with Crippen LogP contribution < -0.4 is 15.8 Å². The van der Waals surface area contributed by atoms with Gasteiger partial charge in [-0.2, -0.15) is 13.2 Å². The van der Waals surface area contributed by atoms with E-state index in [2.05, 4.69) is 10.0 Å². The van der Waals surface area contributed by atoms with E-state index in [-0.39, 0.29) is 34.4 Å². The summed E-state index contributed by atoms with van der Waals surface area (Å²) in [5.74, 6) is -0.586. The number of hydrogen-bond donors (Lipinski definition) is 3. The molecular weight excluding hydrogens is 478 g/mol. The van der Waals surface area contributed by atoms with E-state index in [1.165, 1.54) is 12.1 Å². The van der Waals surface area contributed by atoms with Crippen molar-refractivity contribution in [2.75, 3.05) is 17.6 Å². The van der Waals surface area contributed by atoms with E-state index in [0.717, 1.165) is 12.1 Å². The Hall–Kier alpha value is -1.72. The van der Waals surface area contributed by atoms with Crippen molar-refractivity contribution in [3.63, 3.8) is 0 Å². The maximum atomic E-state index is 12.9. The molecule has 1 amide bonds. The van der Waals surface area contributed by atoms with E-state index in [1.54, 1.807) is 0 Å². The molecule has 0 aliphatic carbocycles. The van der Waals surface area contributed by atoms with E-state index in [9.17, 15) is 26.4 Å². The fourth-order valence-corrected chi connectivity index (χ4v) is 3.92. The molecule has 0 aromatic heterocycles. The molecule has 0 aliphatic rings. The van der Waals surface area contributed by atoms with E-state index in [1.807, 2.05) is 0 Å². The summed E-state index contributed by atoms with van der Waals surface area (Å²) in [6, 6.07) is 4.90. The molecule has 2 rings (SSSR count). The molecule has 158 valence electrons. The van der Waals surface area contributed by atoms with Gasteiger partial charge in [-0.1, -0.05) is 34.8 Å². The van der Waals surface area contributed by atoms with Gasteiger partial charge in [0.1, 0.15) is 0 Å². The lowest BCUT2D eigenvalue weighted by molar-refractivity contribution is -0.137. The van der Waals surface area contributed by atoms with E-state index in [4.69, 9.17) is 40.5 Å². The molecule has 2 aromatic carbocycles. The summed E-state index contributed by atoms with van der Waals surface area (Å²) in [5.41, 5.74) is 4.68. The highest BCUT2D eigenvalue weighted by Gasteiger charge is 2.34. The first kappa shape index (κ1) is 23.6. The van der Waals surface area contributed by atoms with Gasteiger partial charge in [0.25, 0.3) is 0 Å². The zero-order chi connectivity index (χ0) is 22.0. The number of benzene rings is 2. The highest BCUT2D eigenvalue weighted by Crippen LogP contribution is 2.36. The van der Waals surface area contributed by atoms with Gasteiger partial charge in [-0.15, -0.1) is 0 Å². The van der Waals surface area contributed by atoms with Crippen LogP contribution in [0.3, 0.4) is 0 Å². The Morgan fingerprint density at radius 2 is 1.62 bits per heavy atom. The molecule has 4 N–H and O–H groups in total. The van der Waals surface area contributed by atoms with Gasteiger partial charge in [0.15, 0.2) is 0 Å². The van der Waals surface area contributed by atoms with Crippen LogP contribution in [0.1, 0.15) is 12.0 Å². The summed E-state index contributed by atoms with van der Waals surface area (Å²) >= 11 is 17.2. The van der Waals surface area contributed by atoms with Gasteiger partial charge in [0.05, 0.1) is 31.2 Å². The lowest BCUT2D eigenvalue weighted by Gasteiger charge is -2.12.